The molecule has 0 aliphatic heterocycles. The lowest BCUT2D eigenvalue weighted by atomic mass is 9.97. The molecule has 2 unspecified atom stereocenters. The van der Waals surface area contributed by atoms with Crippen molar-refractivity contribution in [2.75, 3.05) is 20.1 Å². The van der Waals surface area contributed by atoms with Crippen LogP contribution in [-0.2, 0) is 19.1 Å². The molecule has 0 aliphatic carbocycles. The molecule has 1 rings (SSSR count). The van der Waals surface area contributed by atoms with Crippen molar-refractivity contribution in [3.8, 4) is 11.5 Å². The van der Waals surface area contributed by atoms with E-state index >= 15 is 0 Å². The van der Waals surface area contributed by atoms with Gasteiger partial charge in [0.2, 0.25) is 5.91 Å². The Morgan fingerprint density at radius 3 is 1.83 bits per heavy atom. The van der Waals surface area contributed by atoms with Gasteiger partial charge in [-0.2, -0.15) is 0 Å². The molecule has 2 atom stereocenters. The first-order valence-electron chi connectivity index (χ1n) is 14.1. The van der Waals surface area contributed by atoms with Gasteiger partial charge in [-0.1, -0.05) is 6.07 Å². The fourth-order valence-electron chi connectivity index (χ4n) is 3.08. The minimum Gasteiger partial charge on any atom is -0.444 e. The third-order valence-electron chi connectivity index (χ3n) is 6.10. The molecule has 1 aromatic rings. The summed E-state index contributed by atoms with van der Waals surface area (Å²) in [6.07, 6.45) is -1.62. The van der Waals surface area contributed by atoms with Gasteiger partial charge in [-0.05, 0) is 101 Å². The number of esters is 2. The van der Waals surface area contributed by atoms with Crippen molar-refractivity contribution in [2.24, 2.45) is 10.8 Å². The predicted octanol–water partition coefficient (Wildman–Crippen LogP) is 4.36. The van der Waals surface area contributed by atoms with E-state index in [4.69, 9.17) is 14.2 Å². The van der Waals surface area contributed by atoms with Crippen molar-refractivity contribution in [1.82, 2.24) is 15.5 Å². The third-order valence-corrected chi connectivity index (χ3v) is 6.10. The topological polar surface area (TPSA) is 144 Å². The third kappa shape index (κ3) is 12.0. The molecule has 0 heterocycles. The maximum Gasteiger partial charge on any atom is 0.410 e. The Hall–Kier alpha value is -3.18. The number of carbonyl (C=O) groups excluding carboxylic acids is 4. The van der Waals surface area contributed by atoms with Crippen LogP contribution in [0.3, 0.4) is 0 Å². The smallest absolute Gasteiger partial charge is 0.410 e. The van der Waals surface area contributed by atoms with E-state index in [-0.39, 0.29) is 30.5 Å². The lowest BCUT2D eigenvalue weighted by molar-refractivity contribution is -0.145. The maximum atomic E-state index is 12.7. The van der Waals surface area contributed by atoms with Crippen molar-refractivity contribution in [2.45, 2.75) is 106 Å². The fraction of sp³-hybridized carbons (Fsp3) is 0.677. The molecular formula is C31H51N3O8. The highest BCUT2D eigenvalue weighted by atomic mass is 16.6. The second kappa shape index (κ2) is 13.9. The molecule has 0 radical (unpaired) electrons. The zero-order chi connectivity index (χ0) is 32.8. The zero-order valence-electron chi connectivity index (χ0n) is 27.6. The number of likely N-dealkylation sites (N-methyl/N-ethyl adjacent to an activating group) is 1. The van der Waals surface area contributed by atoms with Crippen LogP contribution in [0.4, 0.5) is 4.79 Å². The van der Waals surface area contributed by atoms with Crippen molar-refractivity contribution in [3.05, 3.63) is 23.8 Å². The number of benzene rings is 1. The molecule has 11 nitrogen and oxygen atoms in total. The van der Waals surface area contributed by atoms with Crippen LogP contribution in [-0.4, -0.2) is 71.3 Å². The number of aliphatic hydroxyl groups is 1. The minimum atomic E-state index is -1.02. The number of hydrogen-bond acceptors (Lipinski definition) is 9. The Morgan fingerprint density at radius 1 is 0.857 bits per heavy atom. The van der Waals surface area contributed by atoms with Crippen LogP contribution in [0.15, 0.2) is 18.2 Å². The van der Waals surface area contributed by atoms with Gasteiger partial charge >= 0.3 is 18.0 Å². The Kier molecular flexibility index (Phi) is 12.2. The summed E-state index contributed by atoms with van der Waals surface area (Å²) in [5.74, 6) is -1.28. The molecule has 3 N–H and O–H groups in total. The van der Waals surface area contributed by atoms with Gasteiger partial charge in [0, 0.05) is 25.7 Å². The molecule has 1 aromatic carbocycles. The quantitative estimate of drug-likeness (QED) is 0.266. The number of hydrogen-bond donors (Lipinski definition) is 3. The summed E-state index contributed by atoms with van der Waals surface area (Å²) in [6, 6.07) is 3.79. The van der Waals surface area contributed by atoms with Gasteiger partial charge < -0.3 is 30.0 Å². The molecule has 0 bridgehead atoms. The maximum absolute atomic E-state index is 12.7. The number of carbonyl (C=O) groups is 4. The van der Waals surface area contributed by atoms with E-state index in [9.17, 15) is 24.3 Å². The van der Waals surface area contributed by atoms with Crippen LogP contribution in [0, 0.1) is 10.8 Å². The van der Waals surface area contributed by atoms with E-state index in [1.54, 1.807) is 75.3 Å². The highest BCUT2D eigenvalue weighted by molar-refractivity contribution is 5.85. The van der Waals surface area contributed by atoms with E-state index in [0.29, 0.717) is 5.56 Å². The van der Waals surface area contributed by atoms with E-state index in [0.717, 1.165) is 0 Å². The van der Waals surface area contributed by atoms with Crippen LogP contribution < -0.4 is 20.1 Å². The van der Waals surface area contributed by atoms with Crippen molar-refractivity contribution in [3.63, 3.8) is 0 Å². The summed E-state index contributed by atoms with van der Waals surface area (Å²) < 4.78 is 16.4. The largest absolute Gasteiger partial charge is 0.444 e. The van der Waals surface area contributed by atoms with Crippen LogP contribution in [0.5, 0.6) is 11.5 Å². The van der Waals surface area contributed by atoms with Crippen LogP contribution in [0.2, 0.25) is 0 Å². The fourth-order valence-corrected chi connectivity index (χ4v) is 3.08. The monoisotopic (exact) mass is 593 g/mol. The second-order valence-electron chi connectivity index (χ2n) is 14.3. The van der Waals surface area contributed by atoms with Crippen LogP contribution in [0.25, 0.3) is 0 Å². The molecule has 0 saturated carbocycles. The SMILES string of the molecule is CC(C(=O)NCC(C)(C)NCC(O)c1ccc(OC(=O)C(C)(C)C)c(OC(=O)C(C)(C)C)c1)N(C)C(=O)OC(C)(C)C. The van der Waals surface area contributed by atoms with Crippen molar-refractivity contribution >= 4 is 23.9 Å². The molecule has 42 heavy (non-hydrogen) atoms. The number of amides is 2. The first kappa shape index (κ1) is 36.8. The summed E-state index contributed by atoms with van der Waals surface area (Å²) >= 11 is 0. The van der Waals surface area contributed by atoms with Crippen LogP contribution in [0.1, 0.15) is 94.8 Å². The standard InChI is InChI=1S/C31H51N3O8/c1-19(34(13)27(39)42-30(8,9)10)24(36)32-18-31(11,12)33-17-21(35)20-14-15-22(40-25(37)28(2,3)4)23(16-20)41-26(38)29(5,6)7/h14-16,19,21,33,35H,17-18H2,1-13H3,(H,32,36). The summed E-state index contributed by atoms with van der Waals surface area (Å²) in [7, 11) is 1.50. The van der Waals surface area contributed by atoms with Gasteiger partial charge in [0.15, 0.2) is 11.5 Å². The van der Waals surface area contributed by atoms with Gasteiger partial charge in [0.25, 0.3) is 0 Å². The molecule has 0 fully saturated rings. The number of ether oxygens (including phenoxy) is 3. The Labute approximate surface area is 250 Å². The molecule has 0 aromatic heterocycles. The van der Waals surface area contributed by atoms with Gasteiger partial charge in [-0.3, -0.25) is 19.3 Å². The van der Waals surface area contributed by atoms with Crippen molar-refractivity contribution < 1.29 is 38.5 Å². The first-order valence-corrected chi connectivity index (χ1v) is 14.1. The molecule has 0 spiro atoms. The van der Waals surface area contributed by atoms with Crippen LogP contribution >= 0.6 is 0 Å². The number of β-amino-alcohol motifs (C(OH)–C–C–N with tert-alkyl or cyclic N) is 1. The van der Waals surface area contributed by atoms with Gasteiger partial charge in [-0.15, -0.1) is 0 Å². The Balaban J connectivity index is 2.94. The van der Waals surface area contributed by atoms with E-state index < -0.39 is 52.1 Å². The van der Waals surface area contributed by atoms with E-state index in [2.05, 4.69) is 10.6 Å². The molecule has 238 valence electrons. The highest BCUT2D eigenvalue weighted by Crippen LogP contribution is 2.34. The molecule has 11 heteroatoms. The lowest BCUT2D eigenvalue weighted by Crippen LogP contribution is -2.54. The molecule has 0 saturated heterocycles. The molecular weight excluding hydrogens is 542 g/mol. The summed E-state index contributed by atoms with van der Waals surface area (Å²) in [5.41, 5.74) is -2.47. The Morgan fingerprint density at radius 2 is 1.36 bits per heavy atom. The average molecular weight is 594 g/mol. The lowest BCUT2D eigenvalue weighted by Gasteiger charge is -2.31. The first-order chi connectivity index (χ1) is 18.8. The van der Waals surface area contributed by atoms with Gasteiger partial charge in [0.05, 0.1) is 16.9 Å². The second-order valence-corrected chi connectivity index (χ2v) is 14.3. The van der Waals surface area contributed by atoms with Gasteiger partial charge in [0.1, 0.15) is 11.6 Å². The zero-order valence-corrected chi connectivity index (χ0v) is 27.6. The van der Waals surface area contributed by atoms with E-state index in [1.165, 1.54) is 24.1 Å². The Bertz CT molecular complexity index is 1130. The normalized spacial score (nSPS) is 14.0. The molecule has 0 aliphatic rings. The number of nitrogens with zero attached hydrogens (tertiary/aromatic N) is 1. The van der Waals surface area contributed by atoms with Crippen molar-refractivity contribution in [1.29, 1.82) is 0 Å². The number of aliphatic hydroxyl groups excluding tert-OH is 1. The minimum absolute atomic E-state index is 0.0266. The predicted molar refractivity (Wildman–Crippen MR) is 160 cm³/mol. The summed E-state index contributed by atoms with van der Waals surface area (Å²) in [4.78, 5) is 51.4. The summed E-state index contributed by atoms with van der Waals surface area (Å²) in [5, 5.41) is 17.0. The molecule has 2 amide bonds. The summed E-state index contributed by atoms with van der Waals surface area (Å²) in [6.45, 7) is 21.1. The highest BCUT2D eigenvalue weighted by Gasteiger charge is 2.30. The number of rotatable bonds is 10. The van der Waals surface area contributed by atoms with Gasteiger partial charge in [-0.25, -0.2) is 4.79 Å². The number of nitrogens with one attached hydrogen (secondary N) is 2. The van der Waals surface area contributed by atoms with E-state index in [1.807, 2.05) is 13.8 Å². The average Bonchev–Trinajstić information content (AvgIpc) is 2.83.